The summed E-state index contributed by atoms with van der Waals surface area (Å²) in [6.07, 6.45) is 8.05. The summed E-state index contributed by atoms with van der Waals surface area (Å²) in [5, 5.41) is 10.2. The second-order valence-electron chi connectivity index (χ2n) is 3.67. The molecule has 1 aliphatic carbocycles. The van der Waals surface area contributed by atoms with Crippen LogP contribution in [-0.4, -0.2) is 14.4 Å². The van der Waals surface area contributed by atoms with Gasteiger partial charge in [-0.3, -0.25) is 0 Å². The van der Waals surface area contributed by atoms with E-state index in [4.69, 9.17) is 0 Å². The van der Waals surface area contributed by atoms with E-state index in [9.17, 15) is 5.11 Å². The molecule has 12 heavy (non-hydrogen) atoms. The summed E-state index contributed by atoms with van der Waals surface area (Å²) in [6.45, 7) is 0. The fourth-order valence-corrected chi connectivity index (χ4v) is 2.65. The fourth-order valence-electron chi connectivity index (χ4n) is 1.74. The summed E-state index contributed by atoms with van der Waals surface area (Å²) in [5.41, 5.74) is -0.513. The summed E-state index contributed by atoms with van der Waals surface area (Å²) in [4.78, 5) is 0. The quantitative estimate of drug-likeness (QED) is 0.734. The van der Waals surface area contributed by atoms with E-state index in [1.165, 1.54) is 19.3 Å². The van der Waals surface area contributed by atoms with Crippen LogP contribution in [0.15, 0.2) is 0 Å². The van der Waals surface area contributed by atoms with Crippen molar-refractivity contribution in [1.29, 1.82) is 0 Å². The SMILES string of the molecule is OC1(C(Br)Br)CCCCCCC1. The van der Waals surface area contributed by atoms with E-state index in [1.54, 1.807) is 0 Å². The molecule has 0 heterocycles. The summed E-state index contributed by atoms with van der Waals surface area (Å²) in [6, 6.07) is 0. The zero-order valence-corrected chi connectivity index (χ0v) is 10.4. The molecular weight excluding hydrogens is 284 g/mol. The van der Waals surface area contributed by atoms with Gasteiger partial charge >= 0.3 is 0 Å². The lowest BCUT2D eigenvalue weighted by Crippen LogP contribution is -2.35. The van der Waals surface area contributed by atoms with Gasteiger partial charge in [-0.05, 0) is 12.8 Å². The highest BCUT2D eigenvalue weighted by atomic mass is 79.9. The fraction of sp³-hybridized carbons (Fsp3) is 1.00. The molecule has 1 fully saturated rings. The normalized spacial score (nSPS) is 25.0. The van der Waals surface area contributed by atoms with Crippen LogP contribution in [0.2, 0.25) is 0 Å². The van der Waals surface area contributed by atoms with Crippen LogP contribution >= 0.6 is 31.9 Å². The Bertz CT molecular complexity index is 128. The van der Waals surface area contributed by atoms with Crippen LogP contribution in [0.5, 0.6) is 0 Å². The van der Waals surface area contributed by atoms with Crippen LogP contribution < -0.4 is 0 Å². The van der Waals surface area contributed by atoms with Crippen LogP contribution in [0, 0.1) is 0 Å². The first-order valence-electron chi connectivity index (χ1n) is 4.66. The zero-order chi connectivity index (χ0) is 9.03. The molecular formula is C9H16Br2O. The predicted molar refractivity (Wildman–Crippen MR) is 58.9 cm³/mol. The summed E-state index contributed by atoms with van der Waals surface area (Å²) in [5.74, 6) is 0. The Morgan fingerprint density at radius 3 is 1.75 bits per heavy atom. The van der Waals surface area contributed by atoms with Crippen molar-refractivity contribution in [3.05, 3.63) is 0 Å². The van der Waals surface area contributed by atoms with Gasteiger partial charge in [0.05, 0.1) is 9.34 Å². The highest BCUT2D eigenvalue weighted by molar-refractivity contribution is 9.24. The number of aliphatic hydroxyl groups is 1. The third-order valence-corrected chi connectivity index (χ3v) is 4.33. The van der Waals surface area contributed by atoms with Gasteiger partial charge in [-0.25, -0.2) is 0 Å². The van der Waals surface area contributed by atoms with Gasteiger partial charge in [0, 0.05) is 0 Å². The topological polar surface area (TPSA) is 20.2 Å². The van der Waals surface area contributed by atoms with E-state index in [0.29, 0.717) is 0 Å². The molecule has 0 atom stereocenters. The van der Waals surface area contributed by atoms with Gasteiger partial charge in [0.25, 0.3) is 0 Å². The lowest BCUT2D eigenvalue weighted by molar-refractivity contribution is 0.0329. The van der Waals surface area contributed by atoms with Crippen molar-refractivity contribution in [2.75, 3.05) is 0 Å². The average molecular weight is 300 g/mol. The van der Waals surface area contributed by atoms with Crippen molar-refractivity contribution in [3.8, 4) is 0 Å². The lowest BCUT2D eigenvalue weighted by atomic mass is 9.89. The van der Waals surface area contributed by atoms with Crippen molar-refractivity contribution in [2.45, 2.75) is 54.3 Å². The molecule has 1 saturated carbocycles. The van der Waals surface area contributed by atoms with Gasteiger partial charge < -0.3 is 5.11 Å². The largest absolute Gasteiger partial charge is 0.388 e. The Morgan fingerprint density at radius 1 is 0.917 bits per heavy atom. The van der Waals surface area contributed by atoms with Crippen molar-refractivity contribution >= 4 is 31.9 Å². The standard InChI is InChI=1S/C9H16Br2O/c10-8(11)9(12)6-4-2-1-3-5-7-9/h8,12H,1-7H2. The minimum atomic E-state index is -0.513. The molecule has 0 aromatic heterocycles. The van der Waals surface area contributed by atoms with E-state index in [1.807, 2.05) is 0 Å². The minimum absolute atomic E-state index is 0.0515. The Morgan fingerprint density at radius 2 is 1.33 bits per heavy atom. The Labute approximate surface area is 91.2 Å². The summed E-state index contributed by atoms with van der Waals surface area (Å²) >= 11 is 6.84. The van der Waals surface area contributed by atoms with Crippen LogP contribution in [0.25, 0.3) is 0 Å². The van der Waals surface area contributed by atoms with E-state index >= 15 is 0 Å². The van der Waals surface area contributed by atoms with E-state index in [2.05, 4.69) is 31.9 Å². The Kier molecular flexibility index (Phi) is 4.55. The van der Waals surface area contributed by atoms with Gasteiger partial charge in [-0.15, -0.1) is 0 Å². The van der Waals surface area contributed by atoms with Crippen molar-refractivity contribution in [1.82, 2.24) is 0 Å². The van der Waals surface area contributed by atoms with Gasteiger partial charge in [0.2, 0.25) is 0 Å². The molecule has 1 aliphatic rings. The first-order valence-corrected chi connectivity index (χ1v) is 6.49. The van der Waals surface area contributed by atoms with Crippen molar-refractivity contribution < 1.29 is 5.11 Å². The molecule has 72 valence electrons. The predicted octanol–water partition coefficient (Wildman–Crippen LogP) is 3.58. The third kappa shape index (κ3) is 3.00. The van der Waals surface area contributed by atoms with Gasteiger partial charge in [-0.2, -0.15) is 0 Å². The molecule has 0 spiro atoms. The smallest absolute Gasteiger partial charge is 0.0983 e. The molecule has 0 bridgehead atoms. The number of halogens is 2. The second-order valence-corrected chi connectivity index (χ2v) is 6.73. The number of alkyl halides is 2. The molecule has 1 nitrogen and oxygen atoms in total. The van der Waals surface area contributed by atoms with Crippen LogP contribution in [0.3, 0.4) is 0 Å². The first kappa shape index (κ1) is 11.0. The van der Waals surface area contributed by atoms with E-state index in [0.717, 1.165) is 25.7 Å². The van der Waals surface area contributed by atoms with E-state index < -0.39 is 5.60 Å². The number of hydrogen-bond donors (Lipinski definition) is 1. The minimum Gasteiger partial charge on any atom is -0.388 e. The molecule has 0 radical (unpaired) electrons. The Hall–Kier alpha value is 0.920. The van der Waals surface area contributed by atoms with E-state index in [-0.39, 0.29) is 3.74 Å². The molecule has 0 saturated heterocycles. The monoisotopic (exact) mass is 298 g/mol. The summed E-state index contributed by atoms with van der Waals surface area (Å²) in [7, 11) is 0. The molecule has 0 amide bonds. The Balaban J connectivity index is 2.48. The molecule has 0 unspecified atom stereocenters. The maximum Gasteiger partial charge on any atom is 0.0983 e. The molecule has 3 heteroatoms. The maximum absolute atomic E-state index is 10.2. The molecule has 0 aromatic rings. The first-order chi connectivity index (χ1) is 5.65. The third-order valence-electron chi connectivity index (χ3n) is 2.63. The maximum atomic E-state index is 10.2. The zero-order valence-electron chi connectivity index (χ0n) is 7.23. The van der Waals surface area contributed by atoms with Crippen molar-refractivity contribution in [3.63, 3.8) is 0 Å². The number of rotatable bonds is 1. The number of hydrogen-bond acceptors (Lipinski definition) is 1. The van der Waals surface area contributed by atoms with Crippen molar-refractivity contribution in [2.24, 2.45) is 0 Å². The highest BCUT2D eigenvalue weighted by Crippen LogP contribution is 2.35. The summed E-state index contributed by atoms with van der Waals surface area (Å²) < 4.78 is 0.0515. The highest BCUT2D eigenvalue weighted by Gasteiger charge is 2.32. The molecule has 0 aliphatic heterocycles. The van der Waals surface area contributed by atoms with Crippen LogP contribution in [0.4, 0.5) is 0 Å². The van der Waals surface area contributed by atoms with Gasteiger partial charge in [0.15, 0.2) is 0 Å². The lowest BCUT2D eigenvalue weighted by Gasteiger charge is -2.31. The molecule has 1 N–H and O–H groups in total. The van der Waals surface area contributed by atoms with Gasteiger partial charge in [-0.1, -0.05) is 64.0 Å². The molecule has 0 aromatic carbocycles. The van der Waals surface area contributed by atoms with Crippen LogP contribution in [-0.2, 0) is 0 Å². The molecule has 1 rings (SSSR count). The van der Waals surface area contributed by atoms with Gasteiger partial charge in [0.1, 0.15) is 0 Å². The van der Waals surface area contributed by atoms with Crippen LogP contribution in [0.1, 0.15) is 44.9 Å². The average Bonchev–Trinajstić information content (AvgIpc) is 1.97. The second kappa shape index (κ2) is 4.97.